The van der Waals surface area contributed by atoms with Crippen molar-refractivity contribution in [2.75, 3.05) is 35.1 Å². The molecule has 1 aromatic rings. The summed E-state index contributed by atoms with van der Waals surface area (Å²) in [6.45, 7) is 5.74. The van der Waals surface area contributed by atoms with Crippen molar-refractivity contribution in [3.63, 3.8) is 0 Å². The van der Waals surface area contributed by atoms with Crippen molar-refractivity contribution < 1.29 is 13.2 Å². The van der Waals surface area contributed by atoms with Crippen molar-refractivity contribution in [2.24, 2.45) is 0 Å². The number of hydrogen-bond donors (Lipinski definition) is 1. The van der Waals surface area contributed by atoms with Crippen LogP contribution in [-0.4, -0.2) is 46.3 Å². The molecule has 1 unspecified atom stereocenters. The number of anilines is 2. The molecule has 25 heavy (non-hydrogen) atoms. The number of piperidine rings is 1. The van der Waals surface area contributed by atoms with Gasteiger partial charge >= 0.3 is 0 Å². The first-order chi connectivity index (χ1) is 11.8. The molecule has 1 aromatic carbocycles. The number of carbonyl (C=O) groups is 1. The van der Waals surface area contributed by atoms with Crippen LogP contribution in [0.25, 0.3) is 0 Å². The van der Waals surface area contributed by atoms with Crippen LogP contribution in [0.5, 0.6) is 0 Å². The highest BCUT2D eigenvalue weighted by Gasteiger charge is 2.22. The smallest absolute Gasteiger partial charge is 0.240 e. The number of carbonyl (C=O) groups excluding carboxylic acids is 1. The number of benzene rings is 1. The van der Waals surface area contributed by atoms with E-state index in [4.69, 9.17) is 0 Å². The maximum Gasteiger partial charge on any atom is 0.240 e. The van der Waals surface area contributed by atoms with Crippen LogP contribution in [0, 0.1) is 0 Å². The molecule has 1 N–H and O–H groups in total. The number of rotatable bonds is 7. The van der Waals surface area contributed by atoms with Crippen LogP contribution in [-0.2, 0) is 14.8 Å². The predicted molar refractivity (Wildman–Crippen MR) is 103 cm³/mol. The van der Waals surface area contributed by atoms with E-state index in [2.05, 4.69) is 10.2 Å². The monoisotopic (exact) mass is 367 g/mol. The normalized spacial score (nSPS) is 16.4. The lowest BCUT2D eigenvalue weighted by atomic mass is 10.1. The van der Waals surface area contributed by atoms with Gasteiger partial charge in [0, 0.05) is 24.8 Å². The third kappa shape index (κ3) is 5.63. The first-order valence-electron chi connectivity index (χ1n) is 8.93. The van der Waals surface area contributed by atoms with Crippen LogP contribution in [0.1, 0.15) is 39.5 Å². The van der Waals surface area contributed by atoms with E-state index in [0.29, 0.717) is 5.69 Å². The van der Waals surface area contributed by atoms with Gasteiger partial charge in [0.2, 0.25) is 15.9 Å². The highest BCUT2D eigenvalue weighted by atomic mass is 32.2. The number of sulfonamides is 1. The van der Waals surface area contributed by atoms with Crippen LogP contribution < -0.4 is 14.5 Å². The van der Waals surface area contributed by atoms with Gasteiger partial charge in [0.1, 0.15) is 6.54 Å². The van der Waals surface area contributed by atoms with Gasteiger partial charge in [-0.05, 0) is 56.9 Å². The van der Waals surface area contributed by atoms with E-state index >= 15 is 0 Å². The summed E-state index contributed by atoms with van der Waals surface area (Å²) >= 11 is 0. The zero-order valence-corrected chi connectivity index (χ0v) is 16.2. The Kier molecular flexibility index (Phi) is 6.70. The number of nitrogens with zero attached hydrogens (tertiary/aromatic N) is 2. The molecule has 1 saturated heterocycles. The molecule has 140 valence electrons. The average molecular weight is 368 g/mol. The predicted octanol–water partition coefficient (Wildman–Crippen LogP) is 2.36. The topological polar surface area (TPSA) is 69.7 Å². The Morgan fingerprint density at radius 3 is 2.32 bits per heavy atom. The summed E-state index contributed by atoms with van der Waals surface area (Å²) in [6.07, 6.45) is 5.57. The minimum absolute atomic E-state index is 0.0235. The molecule has 7 heteroatoms. The maximum atomic E-state index is 12.1. The minimum Gasteiger partial charge on any atom is -0.372 e. The van der Waals surface area contributed by atoms with Crippen molar-refractivity contribution in [3.05, 3.63) is 24.3 Å². The zero-order chi connectivity index (χ0) is 18.4. The quantitative estimate of drug-likeness (QED) is 0.803. The van der Waals surface area contributed by atoms with E-state index in [0.717, 1.165) is 35.8 Å². The summed E-state index contributed by atoms with van der Waals surface area (Å²) < 4.78 is 25.4. The molecule has 1 fully saturated rings. The second-order valence-corrected chi connectivity index (χ2v) is 8.62. The zero-order valence-electron chi connectivity index (χ0n) is 15.4. The van der Waals surface area contributed by atoms with Crippen molar-refractivity contribution >= 4 is 27.3 Å². The van der Waals surface area contributed by atoms with E-state index < -0.39 is 10.0 Å². The van der Waals surface area contributed by atoms with E-state index in [9.17, 15) is 13.2 Å². The molecule has 1 heterocycles. The van der Waals surface area contributed by atoms with Gasteiger partial charge in [0.05, 0.1) is 11.9 Å². The molecular formula is C18H29N3O3S. The lowest BCUT2D eigenvalue weighted by Crippen LogP contribution is -2.43. The molecule has 0 bridgehead atoms. The SMILES string of the molecule is CCC(C)NC(=O)CN(c1ccc(N2CCCCC2)cc1)S(C)(=O)=O. The molecule has 6 nitrogen and oxygen atoms in total. The Hall–Kier alpha value is -1.76. The molecule has 0 aliphatic carbocycles. The molecule has 0 aromatic heterocycles. The molecular weight excluding hydrogens is 338 g/mol. The van der Waals surface area contributed by atoms with Crippen LogP contribution in [0.3, 0.4) is 0 Å². The highest BCUT2D eigenvalue weighted by Crippen LogP contribution is 2.24. The largest absolute Gasteiger partial charge is 0.372 e. The lowest BCUT2D eigenvalue weighted by Gasteiger charge is -2.29. The standard InChI is InChI=1S/C18H29N3O3S/c1-4-15(2)19-18(22)14-21(25(3,23)24)17-10-8-16(9-11-17)20-12-6-5-7-13-20/h8-11,15H,4-7,12-14H2,1-3H3,(H,19,22). The number of amides is 1. The van der Waals surface area contributed by atoms with Gasteiger partial charge in [0.15, 0.2) is 0 Å². The Morgan fingerprint density at radius 1 is 1.20 bits per heavy atom. The number of nitrogens with one attached hydrogen (secondary N) is 1. The first kappa shape index (κ1) is 19.6. The van der Waals surface area contributed by atoms with E-state index in [1.165, 1.54) is 19.3 Å². The van der Waals surface area contributed by atoms with Gasteiger partial charge in [0.25, 0.3) is 0 Å². The summed E-state index contributed by atoms with van der Waals surface area (Å²) in [6, 6.07) is 7.45. The summed E-state index contributed by atoms with van der Waals surface area (Å²) in [7, 11) is -3.53. The van der Waals surface area contributed by atoms with Gasteiger partial charge in [-0.15, -0.1) is 0 Å². The Labute approximate surface area is 151 Å². The van der Waals surface area contributed by atoms with Crippen LogP contribution >= 0.6 is 0 Å². The molecule has 2 rings (SSSR count). The lowest BCUT2D eigenvalue weighted by molar-refractivity contribution is -0.120. The first-order valence-corrected chi connectivity index (χ1v) is 10.8. The number of hydrogen-bond acceptors (Lipinski definition) is 4. The molecule has 0 spiro atoms. The fraction of sp³-hybridized carbons (Fsp3) is 0.611. The second kappa shape index (κ2) is 8.56. The minimum atomic E-state index is -3.53. The molecule has 0 radical (unpaired) electrons. The Balaban J connectivity index is 2.13. The van der Waals surface area contributed by atoms with E-state index in [1.807, 2.05) is 26.0 Å². The van der Waals surface area contributed by atoms with Gasteiger partial charge in [-0.2, -0.15) is 0 Å². The van der Waals surface area contributed by atoms with Gasteiger partial charge < -0.3 is 10.2 Å². The molecule has 1 amide bonds. The summed E-state index contributed by atoms with van der Waals surface area (Å²) in [4.78, 5) is 14.4. The van der Waals surface area contributed by atoms with Crippen LogP contribution in [0.15, 0.2) is 24.3 Å². The second-order valence-electron chi connectivity index (χ2n) is 6.71. The fourth-order valence-corrected chi connectivity index (χ4v) is 3.79. The molecule has 1 atom stereocenters. The Morgan fingerprint density at radius 2 is 1.80 bits per heavy atom. The van der Waals surface area contributed by atoms with Gasteiger partial charge in [-0.25, -0.2) is 8.42 Å². The van der Waals surface area contributed by atoms with Crippen molar-refractivity contribution in [1.29, 1.82) is 0 Å². The third-order valence-electron chi connectivity index (χ3n) is 4.57. The maximum absolute atomic E-state index is 12.1. The average Bonchev–Trinajstić information content (AvgIpc) is 2.59. The van der Waals surface area contributed by atoms with E-state index in [1.54, 1.807) is 12.1 Å². The molecule has 0 saturated carbocycles. The Bertz CT molecular complexity index is 667. The van der Waals surface area contributed by atoms with E-state index in [-0.39, 0.29) is 18.5 Å². The summed E-state index contributed by atoms with van der Waals surface area (Å²) in [5.74, 6) is -0.292. The van der Waals surface area contributed by atoms with Crippen molar-refractivity contribution in [1.82, 2.24) is 5.32 Å². The van der Waals surface area contributed by atoms with Crippen LogP contribution in [0.4, 0.5) is 11.4 Å². The summed E-state index contributed by atoms with van der Waals surface area (Å²) in [5.41, 5.74) is 1.61. The molecule has 1 aliphatic rings. The van der Waals surface area contributed by atoms with Crippen molar-refractivity contribution in [3.8, 4) is 0 Å². The van der Waals surface area contributed by atoms with Gasteiger partial charge in [-0.1, -0.05) is 6.92 Å². The fourth-order valence-electron chi connectivity index (χ4n) is 2.93. The summed E-state index contributed by atoms with van der Waals surface area (Å²) in [5, 5.41) is 2.81. The van der Waals surface area contributed by atoms with Crippen LogP contribution in [0.2, 0.25) is 0 Å². The highest BCUT2D eigenvalue weighted by molar-refractivity contribution is 7.92. The van der Waals surface area contributed by atoms with Gasteiger partial charge in [-0.3, -0.25) is 9.10 Å². The molecule has 1 aliphatic heterocycles. The van der Waals surface area contributed by atoms with Crippen molar-refractivity contribution in [2.45, 2.75) is 45.6 Å². The third-order valence-corrected chi connectivity index (χ3v) is 5.71.